The molecule has 0 saturated carbocycles. The monoisotopic (exact) mass is 414 g/mol. The topological polar surface area (TPSA) is 74.3 Å². The van der Waals surface area contributed by atoms with Gasteiger partial charge >= 0.3 is 0 Å². The Kier molecular flexibility index (Phi) is 5.98. The van der Waals surface area contributed by atoms with E-state index in [1.54, 1.807) is 18.1 Å². The zero-order valence-corrected chi connectivity index (χ0v) is 17.5. The van der Waals surface area contributed by atoms with E-state index in [-0.39, 0.29) is 11.8 Å². The molecular weight excluding hydrogens is 388 g/mol. The van der Waals surface area contributed by atoms with Gasteiger partial charge in [-0.15, -0.1) is 0 Å². The number of aromatic nitrogens is 1. The molecule has 31 heavy (non-hydrogen) atoms. The molecule has 0 bridgehead atoms. The van der Waals surface area contributed by atoms with Crippen molar-refractivity contribution in [3.05, 3.63) is 90.3 Å². The maximum absolute atomic E-state index is 13.6. The summed E-state index contributed by atoms with van der Waals surface area (Å²) in [5.41, 5.74) is 2.08. The SMILES string of the molecule is CNC(=O)[C@]1(c2ccccn2)CCCN(C(=O)c2ccccc2Nc2ccccc2)C1. The molecule has 0 aliphatic carbocycles. The predicted molar refractivity (Wildman–Crippen MR) is 121 cm³/mol. The van der Waals surface area contributed by atoms with Gasteiger partial charge in [-0.05, 0) is 49.2 Å². The average Bonchev–Trinajstić information content (AvgIpc) is 2.84. The summed E-state index contributed by atoms with van der Waals surface area (Å²) in [6, 6.07) is 22.8. The summed E-state index contributed by atoms with van der Waals surface area (Å²) in [7, 11) is 1.63. The van der Waals surface area contributed by atoms with Crippen LogP contribution in [0.15, 0.2) is 79.0 Å². The molecule has 1 saturated heterocycles. The summed E-state index contributed by atoms with van der Waals surface area (Å²) in [4.78, 5) is 32.8. The first-order valence-corrected chi connectivity index (χ1v) is 10.5. The third-order valence-corrected chi connectivity index (χ3v) is 5.81. The van der Waals surface area contributed by atoms with E-state index in [0.29, 0.717) is 30.8 Å². The van der Waals surface area contributed by atoms with E-state index in [1.165, 1.54) is 0 Å². The number of hydrogen-bond acceptors (Lipinski definition) is 4. The van der Waals surface area contributed by atoms with Crippen molar-refractivity contribution in [3.63, 3.8) is 0 Å². The first-order chi connectivity index (χ1) is 15.1. The van der Waals surface area contributed by atoms with Gasteiger partial charge in [0.15, 0.2) is 0 Å². The lowest BCUT2D eigenvalue weighted by Crippen LogP contribution is -2.56. The molecule has 6 nitrogen and oxygen atoms in total. The van der Waals surface area contributed by atoms with E-state index < -0.39 is 5.41 Å². The zero-order valence-electron chi connectivity index (χ0n) is 17.5. The molecular formula is C25H26N4O2. The number of anilines is 2. The summed E-state index contributed by atoms with van der Waals surface area (Å²) in [6.07, 6.45) is 3.07. The standard InChI is InChI=1S/C25H26N4O2/c1-26-24(31)25(22-14-7-8-16-27-22)15-9-17-29(18-25)23(30)20-12-5-6-13-21(20)28-19-10-3-2-4-11-19/h2-8,10-14,16,28H,9,15,17-18H2,1H3,(H,26,31)/t25-/m1/s1. The van der Waals surface area contributed by atoms with Crippen molar-refractivity contribution < 1.29 is 9.59 Å². The largest absolute Gasteiger partial charge is 0.358 e. The second-order valence-electron chi connectivity index (χ2n) is 7.74. The molecule has 1 fully saturated rings. The number of nitrogens with zero attached hydrogens (tertiary/aromatic N) is 2. The van der Waals surface area contributed by atoms with Gasteiger partial charge < -0.3 is 15.5 Å². The van der Waals surface area contributed by atoms with E-state index in [4.69, 9.17) is 0 Å². The number of benzene rings is 2. The molecule has 2 amide bonds. The van der Waals surface area contributed by atoms with Crippen molar-refractivity contribution in [1.29, 1.82) is 0 Å². The number of carbonyl (C=O) groups excluding carboxylic acids is 2. The number of pyridine rings is 1. The molecule has 2 aromatic carbocycles. The summed E-state index contributed by atoms with van der Waals surface area (Å²) < 4.78 is 0. The molecule has 6 heteroatoms. The Bertz CT molecular complexity index is 1060. The minimum absolute atomic E-state index is 0.0945. The van der Waals surface area contributed by atoms with Crippen LogP contribution in [0.2, 0.25) is 0 Å². The van der Waals surface area contributed by atoms with E-state index in [2.05, 4.69) is 15.6 Å². The highest BCUT2D eigenvalue weighted by Gasteiger charge is 2.45. The highest BCUT2D eigenvalue weighted by atomic mass is 16.2. The Hall–Kier alpha value is -3.67. The van der Waals surface area contributed by atoms with E-state index in [1.807, 2.05) is 72.8 Å². The number of nitrogens with one attached hydrogen (secondary N) is 2. The first-order valence-electron chi connectivity index (χ1n) is 10.5. The van der Waals surface area contributed by atoms with Gasteiger partial charge in [-0.3, -0.25) is 14.6 Å². The van der Waals surface area contributed by atoms with E-state index in [9.17, 15) is 9.59 Å². The van der Waals surface area contributed by atoms with Gasteiger partial charge in [0, 0.05) is 32.0 Å². The highest BCUT2D eigenvalue weighted by Crippen LogP contribution is 2.34. The van der Waals surface area contributed by atoms with Gasteiger partial charge in [0.2, 0.25) is 5.91 Å². The third kappa shape index (κ3) is 4.14. The summed E-state index contributed by atoms with van der Waals surface area (Å²) in [6.45, 7) is 0.895. The number of carbonyl (C=O) groups is 2. The molecule has 1 aromatic heterocycles. The van der Waals surface area contributed by atoms with Crippen molar-refractivity contribution in [2.45, 2.75) is 18.3 Å². The maximum atomic E-state index is 13.6. The predicted octanol–water partition coefficient (Wildman–Crippen LogP) is 3.75. The molecule has 4 rings (SSSR count). The first kappa shape index (κ1) is 20.6. The van der Waals surface area contributed by atoms with Crippen molar-refractivity contribution in [3.8, 4) is 0 Å². The molecule has 0 spiro atoms. The smallest absolute Gasteiger partial charge is 0.256 e. The number of likely N-dealkylation sites (tertiary alicyclic amines) is 1. The van der Waals surface area contributed by atoms with Gasteiger partial charge in [0.05, 0.1) is 16.9 Å². The maximum Gasteiger partial charge on any atom is 0.256 e. The second-order valence-corrected chi connectivity index (χ2v) is 7.74. The van der Waals surface area contributed by atoms with Crippen LogP contribution in [0.4, 0.5) is 11.4 Å². The van der Waals surface area contributed by atoms with Crippen LogP contribution in [0.1, 0.15) is 28.9 Å². The molecule has 2 N–H and O–H groups in total. The van der Waals surface area contributed by atoms with Gasteiger partial charge in [-0.25, -0.2) is 0 Å². The molecule has 3 aromatic rings. The molecule has 1 aliphatic rings. The lowest BCUT2D eigenvalue weighted by Gasteiger charge is -2.41. The number of likely N-dealkylation sites (N-methyl/N-ethyl adjacent to an activating group) is 1. The van der Waals surface area contributed by atoms with Crippen LogP contribution in [0.5, 0.6) is 0 Å². The lowest BCUT2D eigenvalue weighted by atomic mass is 9.75. The Morgan fingerprint density at radius 2 is 1.71 bits per heavy atom. The zero-order chi connectivity index (χ0) is 21.7. The fourth-order valence-electron chi connectivity index (χ4n) is 4.25. The minimum atomic E-state index is -0.855. The third-order valence-electron chi connectivity index (χ3n) is 5.81. The van der Waals surface area contributed by atoms with Gasteiger partial charge in [-0.1, -0.05) is 36.4 Å². The van der Waals surface area contributed by atoms with Crippen molar-refractivity contribution in [2.75, 3.05) is 25.5 Å². The fraction of sp³-hybridized carbons (Fsp3) is 0.240. The summed E-state index contributed by atoms with van der Waals surface area (Å²) in [5, 5.41) is 6.13. The minimum Gasteiger partial charge on any atom is -0.358 e. The number of piperidine rings is 1. The Labute approximate surface area is 182 Å². The molecule has 1 aliphatic heterocycles. The van der Waals surface area contributed by atoms with Crippen LogP contribution in [-0.2, 0) is 10.2 Å². The number of hydrogen-bond donors (Lipinski definition) is 2. The highest BCUT2D eigenvalue weighted by molar-refractivity contribution is 6.01. The Balaban J connectivity index is 1.64. The quantitative estimate of drug-likeness (QED) is 0.667. The lowest BCUT2D eigenvalue weighted by molar-refractivity contribution is -0.128. The summed E-state index contributed by atoms with van der Waals surface area (Å²) >= 11 is 0. The average molecular weight is 415 g/mol. The van der Waals surface area contributed by atoms with Crippen LogP contribution in [0.3, 0.4) is 0 Å². The number of para-hydroxylation sites is 2. The van der Waals surface area contributed by atoms with Crippen molar-refractivity contribution >= 4 is 23.2 Å². The van der Waals surface area contributed by atoms with Gasteiger partial charge in [0.1, 0.15) is 5.41 Å². The molecule has 158 valence electrons. The van der Waals surface area contributed by atoms with Gasteiger partial charge in [0.25, 0.3) is 5.91 Å². The van der Waals surface area contributed by atoms with Crippen LogP contribution in [-0.4, -0.2) is 41.8 Å². The normalized spacial score (nSPS) is 18.3. The Morgan fingerprint density at radius 3 is 2.45 bits per heavy atom. The Morgan fingerprint density at radius 1 is 0.968 bits per heavy atom. The summed E-state index contributed by atoms with van der Waals surface area (Å²) in [5.74, 6) is -0.206. The van der Waals surface area contributed by atoms with Crippen LogP contribution >= 0.6 is 0 Å². The van der Waals surface area contributed by atoms with Crippen molar-refractivity contribution in [1.82, 2.24) is 15.2 Å². The van der Waals surface area contributed by atoms with Crippen LogP contribution in [0, 0.1) is 0 Å². The van der Waals surface area contributed by atoms with E-state index in [0.717, 1.165) is 17.8 Å². The second kappa shape index (κ2) is 9.00. The van der Waals surface area contributed by atoms with Crippen molar-refractivity contribution in [2.24, 2.45) is 0 Å². The van der Waals surface area contributed by atoms with E-state index >= 15 is 0 Å². The molecule has 0 unspecified atom stereocenters. The fourth-order valence-corrected chi connectivity index (χ4v) is 4.25. The molecule has 0 radical (unpaired) electrons. The number of amides is 2. The number of rotatable bonds is 5. The molecule has 2 heterocycles. The van der Waals surface area contributed by atoms with Crippen LogP contribution in [0.25, 0.3) is 0 Å². The molecule has 1 atom stereocenters. The van der Waals surface area contributed by atoms with Gasteiger partial charge in [-0.2, -0.15) is 0 Å². The van der Waals surface area contributed by atoms with Crippen LogP contribution < -0.4 is 10.6 Å².